The second-order valence-corrected chi connectivity index (χ2v) is 6.51. The summed E-state index contributed by atoms with van der Waals surface area (Å²) in [6, 6.07) is 13.9. The lowest BCUT2D eigenvalue weighted by Gasteiger charge is -2.33. The topological polar surface area (TPSA) is 45.2 Å². The van der Waals surface area contributed by atoms with Gasteiger partial charge in [-0.25, -0.2) is 0 Å². The molecule has 1 aromatic carbocycles. The number of aromatic nitrogens is 1. The Bertz CT molecular complexity index is 697. The lowest BCUT2D eigenvalue weighted by molar-refractivity contribution is 0.0673. The zero-order valence-corrected chi connectivity index (χ0v) is 14.5. The quantitative estimate of drug-likeness (QED) is 0.940. The number of likely N-dealkylation sites (tertiary alicyclic amines) is 1. The largest absolute Gasteiger partial charge is 0.338 e. The van der Waals surface area contributed by atoms with E-state index in [1.54, 1.807) is 0 Å². The van der Waals surface area contributed by atoms with Crippen molar-refractivity contribution < 1.29 is 4.79 Å². The molecule has 1 atom stereocenters. The van der Waals surface area contributed by atoms with E-state index in [4.69, 9.17) is 0 Å². The molecule has 24 heavy (non-hydrogen) atoms. The van der Waals surface area contributed by atoms with Crippen LogP contribution in [0.25, 0.3) is 11.3 Å². The molecule has 0 spiro atoms. The molecular weight excluding hydrogens is 298 g/mol. The molecule has 0 saturated carbocycles. The van der Waals surface area contributed by atoms with Gasteiger partial charge in [-0.15, -0.1) is 0 Å². The fourth-order valence-electron chi connectivity index (χ4n) is 3.43. The van der Waals surface area contributed by atoms with Gasteiger partial charge < -0.3 is 10.2 Å². The van der Waals surface area contributed by atoms with Crippen molar-refractivity contribution in [2.24, 2.45) is 5.92 Å². The van der Waals surface area contributed by atoms with Crippen LogP contribution in [0.1, 0.15) is 28.9 Å². The molecule has 3 rings (SSSR count). The molecule has 0 aliphatic carbocycles. The van der Waals surface area contributed by atoms with E-state index >= 15 is 0 Å². The number of pyridine rings is 1. The number of amides is 1. The van der Waals surface area contributed by atoms with Gasteiger partial charge in [0.2, 0.25) is 0 Å². The number of carbonyl (C=O) groups excluding carboxylic acids is 1. The van der Waals surface area contributed by atoms with E-state index in [1.807, 2.05) is 61.3 Å². The van der Waals surface area contributed by atoms with E-state index in [-0.39, 0.29) is 5.91 Å². The summed E-state index contributed by atoms with van der Waals surface area (Å²) in [5.41, 5.74) is 3.51. The standard InChI is InChI=1S/C20H25N3O/c1-15-18(10-11-19(22-15)17-8-4-3-5-9-17)20(24)23-12-6-7-16(14-23)13-21-2/h3-5,8-11,16,21H,6-7,12-14H2,1-2H3. The average Bonchev–Trinajstić information content (AvgIpc) is 2.62. The summed E-state index contributed by atoms with van der Waals surface area (Å²) in [4.78, 5) is 19.5. The Labute approximate surface area is 143 Å². The van der Waals surface area contributed by atoms with Crippen molar-refractivity contribution in [1.29, 1.82) is 0 Å². The second-order valence-electron chi connectivity index (χ2n) is 6.51. The Kier molecular flexibility index (Phi) is 5.26. The molecule has 1 aromatic heterocycles. The van der Waals surface area contributed by atoms with Gasteiger partial charge in [0.05, 0.1) is 17.0 Å². The number of carbonyl (C=O) groups is 1. The maximum atomic E-state index is 12.9. The molecule has 1 amide bonds. The number of benzene rings is 1. The van der Waals surface area contributed by atoms with E-state index in [0.29, 0.717) is 5.92 Å². The highest BCUT2D eigenvalue weighted by molar-refractivity contribution is 5.95. The fraction of sp³-hybridized carbons (Fsp3) is 0.400. The zero-order valence-electron chi connectivity index (χ0n) is 14.5. The van der Waals surface area contributed by atoms with E-state index in [2.05, 4.69) is 10.3 Å². The van der Waals surface area contributed by atoms with Gasteiger partial charge in [-0.3, -0.25) is 9.78 Å². The molecule has 4 nitrogen and oxygen atoms in total. The predicted molar refractivity (Wildman–Crippen MR) is 97.0 cm³/mol. The lowest BCUT2D eigenvalue weighted by Crippen LogP contribution is -2.42. The van der Waals surface area contributed by atoms with Crippen molar-refractivity contribution in [3.63, 3.8) is 0 Å². The lowest BCUT2D eigenvalue weighted by atomic mass is 9.97. The number of piperidine rings is 1. The van der Waals surface area contributed by atoms with Crippen LogP contribution in [0.3, 0.4) is 0 Å². The van der Waals surface area contributed by atoms with E-state index in [1.165, 1.54) is 6.42 Å². The molecule has 1 aliphatic rings. The van der Waals surface area contributed by atoms with Gasteiger partial charge in [0, 0.05) is 18.7 Å². The van der Waals surface area contributed by atoms with Gasteiger partial charge in [-0.05, 0) is 51.4 Å². The first-order chi connectivity index (χ1) is 11.7. The highest BCUT2D eigenvalue weighted by Gasteiger charge is 2.25. The van der Waals surface area contributed by atoms with Crippen LogP contribution >= 0.6 is 0 Å². The summed E-state index contributed by atoms with van der Waals surface area (Å²) < 4.78 is 0. The van der Waals surface area contributed by atoms with Crippen molar-refractivity contribution in [1.82, 2.24) is 15.2 Å². The highest BCUT2D eigenvalue weighted by Crippen LogP contribution is 2.22. The van der Waals surface area contributed by atoms with Crippen molar-refractivity contribution in [3.05, 3.63) is 53.7 Å². The third-order valence-electron chi connectivity index (χ3n) is 4.68. The zero-order chi connectivity index (χ0) is 16.9. The van der Waals surface area contributed by atoms with Crippen LogP contribution in [-0.4, -0.2) is 42.5 Å². The molecule has 2 heterocycles. The summed E-state index contributed by atoms with van der Waals surface area (Å²) >= 11 is 0. The molecular formula is C20H25N3O. The summed E-state index contributed by atoms with van der Waals surface area (Å²) in [6.07, 6.45) is 2.27. The number of nitrogens with zero attached hydrogens (tertiary/aromatic N) is 2. The SMILES string of the molecule is CNCC1CCCN(C(=O)c2ccc(-c3ccccc3)nc2C)C1. The third kappa shape index (κ3) is 3.65. The van der Waals surface area contributed by atoms with Gasteiger partial charge in [-0.1, -0.05) is 30.3 Å². The summed E-state index contributed by atoms with van der Waals surface area (Å²) in [5, 5.41) is 3.22. The van der Waals surface area contributed by atoms with E-state index < -0.39 is 0 Å². The van der Waals surface area contributed by atoms with Crippen LogP contribution < -0.4 is 5.32 Å². The maximum Gasteiger partial charge on any atom is 0.255 e. The molecule has 2 aromatic rings. The molecule has 1 N–H and O–H groups in total. The minimum atomic E-state index is 0.111. The predicted octanol–water partition coefficient (Wildman–Crippen LogP) is 3.13. The van der Waals surface area contributed by atoms with Crippen LogP contribution in [0.2, 0.25) is 0 Å². The number of hydrogen-bond donors (Lipinski definition) is 1. The number of nitrogens with one attached hydrogen (secondary N) is 1. The molecule has 1 unspecified atom stereocenters. The Morgan fingerprint density at radius 1 is 1.25 bits per heavy atom. The molecule has 1 aliphatic heterocycles. The third-order valence-corrected chi connectivity index (χ3v) is 4.68. The Morgan fingerprint density at radius 2 is 2.04 bits per heavy atom. The Balaban J connectivity index is 1.78. The fourth-order valence-corrected chi connectivity index (χ4v) is 3.43. The van der Waals surface area contributed by atoms with Crippen LogP contribution in [0, 0.1) is 12.8 Å². The number of rotatable bonds is 4. The first kappa shape index (κ1) is 16.7. The molecule has 0 bridgehead atoms. The van der Waals surface area contributed by atoms with Crippen LogP contribution in [0.15, 0.2) is 42.5 Å². The molecule has 0 radical (unpaired) electrons. The van der Waals surface area contributed by atoms with Gasteiger partial charge in [0.25, 0.3) is 5.91 Å². The monoisotopic (exact) mass is 323 g/mol. The summed E-state index contributed by atoms with van der Waals surface area (Å²) in [7, 11) is 1.97. The second kappa shape index (κ2) is 7.58. The summed E-state index contributed by atoms with van der Waals surface area (Å²) in [6.45, 7) is 4.57. The molecule has 126 valence electrons. The highest BCUT2D eigenvalue weighted by atomic mass is 16.2. The van der Waals surface area contributed by atoms with Crippen molar-refractivity contribution in [3.8, 4) is 11.3 Å². The number of hydrogen-bond acceptors (Lipinski definition) is 3. The number of aryl methyl sites for hydroxylation is 1. The van der Waals surface area contributed by atoms with Crippen molar-refractivity contribution >= 4 is 5.91 Å². The molecule has 1 fully saturated rings. The van der Waals surface area contributed by atoms with Gasteiger partial charge in [0.15, 0.2) is 0 Å². The Morgan fingerprint density at radius 3 is 2.75 bits per heavy atom. The minimum absolute atomic E-state index is 0.111. The maximum absolute atomic E-state index is 12.9. The van der Waals surface area contributed by atoms with Crippen molar-refractivity contribution in [2.45, 2.75) is 19.8 Å². The Hall–Kier alpha value is -2.20. The van der Waals surface area contributed by atoms with E-state index in [9.17, 15) is 4.79 Å². The van der Waals surface area contributed by atoms with E-state index in [0.717, 1.165) is 48.6 Å². The van der Waals surface area contributed by atoms with Gasteiger partial charge in [0.1, 0.15) is 0 Å². The first-order valence-corrected chi connectivity index (χ1v) is 8.66. The van der Waals surface area contributed by atoms with Gasteiger partial charge >= 0.3 is 0 Å². The molecule has 1 saturated heterocycles. The summed E-state index contributed by atoms with van der Waals surface area (Å²) in [5.74, 6) is 0.657. The average molecular weight is 323 g/mol. The van der Waals surface area contributed by atoms with Crippen LogP contribution in [0.5, 0.6) is 0 Å². The normalized spacial score (nSPS) is 17.8. The van der Waals surface area contributed by atoms with Crippen LogP contribution in [-0.2, 0) is 0 Å². The smallest absolute Gasteiger partial charge is 0.255 e. The first-order valence-electron chi connectivity index (χ1n) is 8.66. The van der Waals surface area contributed by atoms with Gasteiger partial charge in [-0.2, -0.15) is 0 Å². The van der Waals surface area contributed by atoms with Crippen molar-refractivity contribution in [2.75, 3.05) is 26.7 Å². The molecule has 4 heteroatoms. The minimum Gasteiger partial charge on any atom is -0.338 e. The van der Waals surface area contributed by atoms with Crippen LogP contribution in [0.4, 0.5) is 0 Å².